The molecule has 0 bridgehead atoms. The van der Waals surface area contributed by atoms with Gasteiger partial charge in [0.05, 0.1) is 0 Å². The lowest BCUT2D eigenvalue weighted by Gasteiger charge is -2.16. The second kappa shape index (κ2) is 13.2. The highest BCUT2D eigenvalue weighted by molar-refractivity contribution is 8.82. The van der Waals surface area contributed by atoms with E-state index >= 15 is 0 Å². The van der Waals surface area contributed by atoms with Gasteiger partial charge < -0.3 is 5.32 Å². The highest BCUT2D eigenvalue weighted by Crippen LogP contribution is 2.28. The molecule has 29 heavy (non-hydrogen) atoms. The summed E-state index contributed by atoms with van der Waals surface area (Å²) in [4.78, 5) is 37.3. The second-order valence-electron chi connectivity index (χ2n) is 6.68. The van der Waals surface area contributed by atoms with Crippen LogP contribution in [0.4, 0.5) is 0 Å². The highest BCUT2D eigenvalue weighted by atomic mass is 33.1. The van der Waals surface area contributed by atoms with Gasteiger partial charge in [0, 0.05) is 35.8 Å². The number of amides is 1. The number of benzene rings is 2. The van der Waals surface area contributed by atoms with E-state index in [1.165, 1.54) is 21.6 Å². The van der Waals surface area contributed by atoms with Crippen molar-refractivity contribution in [2.75, 3.05) is 12.3 Å². The largest absolute Gasteiger partial charge is 0.356 e. The fourth-order valence-corrected chi connectivity index (χ4v) is 4.68. The third kappa shape index (κ3) is 8.46. The monoisotopic (exact) mass is 429 g/mol. The van der Waals surface area contributed by atoms with Crippen molar-refractivity contribution in [3.8, 4) is 0 Å². The van der Waals surface area contributed by atoms with E-state index in [4.69, 9.17) is 0 Å². The Kier molecular flexibility index (Phi) is 10.6. The quantitative estimate of drug-likeness (QED) is 0.278. The van der Waals surface area contributed by atoms with Gasteiger partial charge in [-0.3, -0.25) is 14.4 Å². The molecule has 1 unspecified atom stereocenters. The molecular weight excluding hydrogens is 402 g/mol. The molecule has 0 radical (unpaired) electrons. The molecule has 0 spiro atoms. The van der Waals surface area contributed by atoms with Crippen molar-refractivity contribution < 1.29 is 14.4 Å². The van der Waals surface area contributed by atoms with Crippen molar-refractivity contribution in [2.24, 2.45) is 5.92 Å². The van der Waals surface area contributed by atoms with Gasteiger partial charge in [0.1, 0.15) is 0 Å². The lowest BCUT2D eigenvalue weighted by molar-refractivity contribution is -0.125. The first kappa shape index (κ1) is 23.2. The van der Waals surface area contributed by atoms with Gasteiger partial charge in [-0.15, -0.1) is 0 Å². The Balaban J connectivity index is 1.87. The van der Waals surface area contributed by atoms with Crippen LogP contribution in [0.2, 0.25) is 0 Å². The molecule has 0 fully saturated rings. The molecule has 4 nitrogen and oxygen atoms in total. The zero-order valence-corrected chi connectivity index (χ0v) is 18.3. The lowest BCUT2D eigenvalue weighted by atomic mass is 9.95. The van der Waals surface area contributed by atoms with Crippen LogP contribution in [-0.4, -0.2) is 29.1 Å². The Morgan fingerprint density at radius 2 is 1.55 bits per heavy atom. The van der Waals surface area contributed by atoms with E-state index in [1.54, 1.807) is 24.3 Å². The highest BCUT2D eigenvalue weighted by Gasteiger charge is 2.22. The first-order valence-corrected chi connectivity index (χ1v) is 12.2. The molecule has 154 valence electrons. The molecule has 0 saturated heterocycles. The van der Waals surface area contributed by atoms with Crippen LogP contribution in [-0.2, 0) is 4.79 Å². The van der Waals surface area contributed by atoms with Gasteiger partial charge in [-0.1, -0.05) is 84.8 Å². The number of Topliss-reactive ketones (excluding diaryl/α,β-unsaturated/α-hetero) is 1. The topological polar surface area (TPSA) is 63.2 Å². The standard InChI is InChI=1S/C23H27NO3S2/c1-2-3-15-24-22(26)20(17-21(25)18-10-6-4-7-11-18)14-16-28-29-23(27)19-12-8-5-9-13-19/h4-13,20H,2-3,14-17H2,1H3,(H,24,26). The Labute approximate surface area is 180 Å². The third-order valence-electron chi connectivity index (χ3n) is 4.42. The maximum atomic E-state index is 12.6. The predicted molar refractivity (Wildman–Crippen MR) is 122 cm³/mol. The minimum Gasteiger partial charge on any atom is -0.356 e. The van der Waals surface area contributed by atoms with Crippen LogP contribution in [0.5, 0.6) is 0 Å². The molecular formula is C23H27NO3S2. The summed E-state index contributed by atoms with van der Waals surface area (Å²) in [5.41, 5.74) is 1.29. The molecule has 2 aromatic rings. The summed E-state index contributed by atoms with van der Waals surface area (Å²) < 4.78 is 0. The van der Waals surface area contributed by atoms with Crippen LogP contribution in [0.25, 0.3) is 0 Å². The van der Waals surface area contributed by atoms with E-state index in [0.29, 0.717) is 29.8 Å². The minimum atomic E-state index is -0.389. The summed E-state index contributed by atoms with van der Waals surface area (Å²) in [6.45, 7) is 2.69. The second-order valence-corrected chi connectivity index (χ2v) is 9.07. The number of nitrogens with one attached hydrogen (secondary N) is 1. The zero-order valence-electron chi connectivity index (χ0n) is 16.6. The number of carbonyl (C=O) groups excluding carboxylic acids is 3. The summed E-state index contributed by atoms with van der Waals surface area (Å²) in [6.07, 6.45) is 2.65. The summed E-state index contributed by atoms with van der Waals surface area (Å²) in [7, 11) is 2.61. The number of ketones is 1. The molecule has 0 aromatic heterocycles. The number of hydrogen-bond acceptors (Lipinski definition) is 5. The van der Waals surface area contributed by atoms with E-state index in [0.717, 1.165) is 12.8 Å². The SMILES string of the molecule is CCCCNC(=O)C(CCSSC(=O)c1ccccc1)CC(=O)c1ccccc1. The lowest BCUT2D eigenvalue weighted by Crippen LogP contribution is -2.33. The van der Waals surface area contributed by atoms with Crippen molar-refractivity contribution in [3.63, 3.8) is 0 Å². The van der Waals surface area contributed by atoms with Gasteiger partial charge in [-0.25, -0.2) is 0 Å². The number of rotatable bonds is 12. The average molecular weight is 430 g/mol. The van der Waals surface area contributed by atoms with E-state index in [-0.39, 0.29) is 29.1 Å². The van der Waals surface area contributed by atoms with Gasteiger partial charge in [0.15, 0.2) is 5.78 Å². The fraction of sp³-hybridized carbons (Fsp3) is 0.348. The molecule has 6 heteroatoms. The van der Waals surface area contributed by atoms with Crippen LogP contribution >= 0.6 is 21.6 Å². The Morgan fingerprint density at radius 1 is 0.931 bits per heavy atom. The van der Waals surface area contributed by atoms with Crippen molar-refractivity contribution in [3.05, 3.63) is 71.8 Å². The van der Waals surface area contributed by atoms with Crippen molar-refractivity contribution in [1.29, 1.82) is 0 Å². The summed E-state index contributed by atoms with van der Waals surface area (Å²) in [6, 6.07) is 18.2. The van der Waals surface area contributed by atoms with Gasteiger partial charge in [0.2, 0.25) is 11.0 Å². The van der Waals surface area contributed by atoms with Crippen LogP contribution < -0.4 is 5.32 Å². The van der Waals surface area contributed by atoms with Gasteiger partial charge in [0.25, 0.3) is 0 Å². The molecule has 0 saturated carbocycles. The molecule has 0 heterocycles. The van der Waals surface area contributed by atoms with E-state index in [2.05, 4.69) is 12.2 Å². The van der Waals surface area contributed by atoms with Crippen molar-refractivity contribution >= 4 is 38.4 Å². The molecule has 1 atom stereocenters. The Hall–Kier alpha value is -2.05. The maximum Gasteiger partial charge on any atom is 0.229 e. The first-order valence-electron chi connectivity index (χ1n) is 9.86. The Morgan fingerprint density at radius 3 is 2.17 bits per heavy atom. The normalized spacial score (nSPS) is 11.6. The fourth-order valence-electron chi connectivity index (χ4n) is 2.73. The molecule has 2 aromatic carbocycles. The van der Waals surface area contributed by atoms with Crippen LogP contribution in [0, 0.1) is 5.92 Å². The molecule has 0 aliphatic carbocycles. The van der Waals surface area contributed by atoms with Gasteiger partial charge in [-0.05, 0) is 23.6 Å². The van der Waals surface area contributed by atoms with Crippen LogP contribution in [0.15, 0.2) is 60.7 Å². The van der Waals surface area contributed by atoms with E-state index < -0.39 is 0 Å². The zero-order chi connectivity index (χ0) is 20.9. The van der Waals surface area contributed by atoms with E-state index in [1.807, 2.05) is 36.4 Å². The third-order valence-corrected chi connectivity index (χ3v) is 6.64. The van der Waals surface area contributed by atoms with Gasteiger partial charge in [-0.2, -0.15) is 0 Å². The summed E-state index contributed by atoms with van der Waals surface area (Å²) in [5.74, 6) is 0.124. The van der Waals surface area contributed by atoms with Gasteiger partial charge >= 0.3 is 0 Å². The number of unbranched alkanes of at least 4 members (excludes halogenated alkanes) is 1. The number of carbonyl (C=O) groups is 3. The predicted octanol–water partition coefficient (Wildman–Crippen LogP) is 5.40. The smallest absolute Gasteiger partial charge is 0.229 e. The molecule has 1 N–H and O–H groups in total. The molecule has 2 rings (SSSR count). The molecule has 0 aliphatic heterocycles. The first-order chi connectivity index (χ1) is 14.1. The average Bonchev–Trinajstić information content (AvgIpc) is 2.76. The maximum absolute atomic E-state index is 12.6. The summed E-state index contributed by atoms with van der Waals surface area (Å²) >= 11 is 0. The van der Waals surface area contributed by atoms with E-state index in [9.17, 15) is 14.4 Å². The number of hydrogen-bond donors (Lipinski definition) is 1. The van der Waals surface area contributed by atoms with Crippen LogP contribution in [0.1, 0.15) is 53.3 Å². The molecule has 1 amide bonds. The van der Waals surface area contributed by atoms with Crippen LogP contribution in [0.3, 0.4) is 0 Å². The van der Waals surface area contributed by atoms with Crippen molar-refractivity contribution in [1.82, 2.24) is 5.32 Å². The Bertz CT molecular complexity index is 781. The molecule has 0 aliphatic rings. The summed E-state index contributed by atoms with van der Waals surface area (Å²) in [5, 5.41) is 2.94. The van der Waals surface area contributed by atoms with Crippen molar-refractivity contribution in [2.45, 2.75) is 32.6 Å². The minimum absolute atomic E-state index is 0.0000840.